The molecule has 0 fully saturated rings. The molecule has 0 aliphatic carbocycles. The highest BCUT2D eigenvalue weighted by Gasteiger charge is 2.13. The van der Waals surface area contributed by atoms with Gasteiger partial charge in [-0.15, -0.1) is 0 Å². The predicted octanol–water partition coefficient (Wildman–Crippen LogP) is 4.93. The largest absolute Gasteiger partial charge is 0.374 e. The Morgan fingerprint density at radius 2 is 1.70 bits per heavy atom. The van der Waals surface area contributed by atoms with Crippen molar-refractivity contribution in [2.75, 3.05) is 10.6 Å². The van der Waals surface area contributed by atoms with Crippen molar-refractivity contribution in [2.24, 2.45) is 0 Å². The van der Waals surface area contributed by atoms with E-state index in [-0.39, 0.29) is 11.9 Å². The van der Waals surface area contributed by atoms with Crippen molar-refractivity contribution in [3.05, 3.63) is 71.8 Å². The molecule has 0 aliphatic rings. The van der Waals surface area contributed by atoms with Crippen molar-refractivity contribution >= 4 is 39.7 Å². The van der Waals surface area contributed by atoms with Crippen LogP contribution >= 0.6 is 11.6 Å². The molecule has 3 aromatic carbocycles. The second-order valence-corrected chi connectivity index (χ2v) is 5.86. The minimum absolute atomic E-state index is 0.111. The summed E-state index contributed by atoms with van der Waals surface area (Å²) in [5, 5.41) is 8.99. The van der Waals surface area contributed by atoms with Crippen molar-refractivity contribution in [1.82, 2.24) is 0 Å². The number of benzene rings is 3. The lowest BCUT2D eigenvalue weighted by atomic mass is 10.1. The normalized spacial score (nSPS) is 11.9. The van der Waals surface area contributed by atoms with Crippen LogP contribution in [0.25, 0.3) is 10.8 Å². The van der Waals surface area contributed by atoms with Crippen molar-refractivity contribution in [3.63, 3.8) is 0 Å². The van der Waals surface area contributed by atoms with Crippen molar-refractivity contribution in [2.45, 2.75) is 13.0 Å². The molecule has 0 saturated heterocycles. The number of fused-ring (bicyclic) bond motifs is 1. The summed E-state index contributed by atoms with van der Waals surface area (Å²) in [6, 6.07) is 20.9. The maximum atomic E-state index is 12.3. The summed E-state index contributed by atoms with van der Waals surface area (Å²) in [7, 11) is 0. The molecule has 3 nitrogen and oxygen atoms in total. The molecule has 1 amide bonds. The number of amides is 1. The van der Waals surface area contributed by atoms with Crippen LogP contribution in [0.4, 0.5) is 11.4 Å². The first-order valence-electron chi connectivity index (χ1n) is 7.43. The molecule has 0 aromatic heterocycles. The second-order valence-electron chi connectivity index (χ2n) is 5.43. The summed E-state index contributed by atoms with van der Waals surface area (Å²) < 4.78 is 0. The number of halogens is 1. The van der Waals surface area contributed by atoms with Gasteiger partial charge in [0.25, 0.3) is 0 Å². The highest BCUT2D eigenvalue weighted by molar-refractivity contribution is 6.30. The summed E-state index contributed by atoms with van der Waals surface area (Å²) in [5.41, 5.74) is 1.60. The number of carbonyl (C=O) groups is 1. The van der Waals surface area contributed by atoms with E-state index in [0.29, 0.717) is 10.7 Å². The Labute approximate surface area is 140 Å². The minimum atomic E-state index is -0.366. The number of hydrogen-bond acceptors (Lipinski definition) is 2. The Morgan fingerprint density at radius 1 is 0.913 bits per heavy atom. The predicted molar refractivity (Wildman–Crippen MR) is 97.1 cm³/mol. The van der Waals surface area contributed by atoms with E-state index >= 15 is 0 Å². The molecule has 0 unspecified atom stereocenters. The van der Waals surface area contributed by atoms with Gasteiger partial charge in [-0.3, -0.25) is 4.79 Å². The van der Waals surface area contributed by atoms with Crippen molar-refractivity contribution in [1.29, 1.82) is 0 Å². The maximum absolute atomic E-state index is 12.3. The number of anilines is 2. The lowest BCUT2D eigenvalue weighted by molar-refractivity contribution is -0.116. The highest BCUT2D eigenvalue weighted by Crippen LogP contribution is 2.20. The monoisotopic (exact) mass is 324 g/mol. The molecule has 3 aromatic rings. The SMILES string of the molecule is C[C@H](Nc1ccc2ccccc2c1)C(=O)Nc1cccc(Cl)c1. The van der Waals surface area contributed by atoms with Gasteiger partial charge in [-0.25, -0.2) is 0 Å². The smallest absolute Gasteiger partial charge is 0.246 e. The van der Waals surface area contributed by atoms with Gasteiger partial charge in [-0.05, 0) is 48.0 Å². The van der Waals surface area contributed by atoms with Gasteiger partial charge in [-0.1, -0.05) is 48.0 Å². The summed E-state index contributed by atoms with van der Waals surface area (Å²) in [5.74, 6) is -0.111. The molecule has 0 bridgehead atoms. The first kappa shape index (κ1) is 15.4. The molecule has 116 valence electrons. The Hall–Kier alpha value is -2.52. The molecule has 3 rings (SSSR count). The van der Waals surface area contributed by atoms with Gasteiger partial charge in [0.05, 0.1) is 0 Å². The van der Waals surface area contributed by atoms with Gasteiger partial charge in [0, 0.05) is 16.4 Å². The third-order valence-electron chi connectivity index (χ3n) is 3.62. The second kappa shape index (κ2) is 6.71. The standard InChI is InChI=1S/C19H17ClN2O/c1-13(19(23)22-17-8-4-7-16(20)12-17)21-18-10-9-14-5-2-3-6-15(14)11-18/h2-13,21H,1H3,(H,22,23)/t13-/m0/s1. The van der Waals surface area contributed by atoms with E-state index in [1.165, 1.54) is 5.39 Å². The van der Waals surface area contributed by atoms with E-state index in [9.17, 15) is 4.79 Å². The molecule has 23 heavy (non-hydrogen) atoms. The molecule has 1 atom stereocenters. The maximum Gasteiger partial charge on any atom is 0.246 e. The topological polar surface area (TPSA) is 41.1 Å². The summed E-state index contributed by atoms with van der Waals surface area (Å²) in [6.45, 7) is 1.83. The number of hydrogen-bond donors (Lipinski definition) is 2. The zero-order valence-corrected chi connectivity index (χ0v) is 13.5. The van der Waals surface area contributed by atoms with Crippen LogP contribution in [0.5, 0.6) is 0 Å². The molecule has 0 aliphatic heterocycles. The van der Waals surface area contributed by atoms with Crippen LogP contribution in [0.15, 0.2) is 66.7 Å². The van der Waals surface area contributed by atoms with Gasteiger partial charge in [0.1, 0.15) is 6.04 Å². The number of nitrogens with one attached hydrogen (secondary N) is 2. The third kappa shape index (κ3) is 3.82. The van der Waals surface area contributed by atoms with E-state index in [1.54, 1.807) is 18.2 Å². The molecular formula is C19H17ClN2O. The van der Waals surface area contributed by atoms with Crippen LogP contribution in [-0.4, -0.2) is 11.9 Å². The summed E-state index contributed by atoms with van der Waals surface area (Å²) in [4.78, 5) is 12.3. The van der Waals surface area contributed by atoms with E-state index in [4.69, 9.17) is 11.6 Å². The average Bonchev–Trinajstić information content (AvgIpc) is 2.54. The van der Waals surface area contributed by atoms with Gasteiger partial charge >= 0.3 is 0 Å². The lowest BCUT2D eigenvalue weighted by Crippen LogP contribution is -2.31. The Morgan fingerprint density at radius 3 is 2.48 bits per heavy atom. The Bertz CT molecular complexity index is 847. The first-order chi connectivity index (χ1) is 11.1. The fraction of sp³-hybridized carbons (Fsp3) is 0.105. The van der Waals surface area contributed by atoms with E-state index in [1.807, 2.05) is 43.3 Å². The van der Waals surface area contributed by atoms with E-state index in [0.717, 1.165) is 11.1 Å². The summed E-state index contributed by atoms with van der Waals surface area (Å²) in [6.07, 6.45) is 0. The van der Waals surface area contributed by atoms with Crippen LogP contribution < -0.4 is 10.6 Å². The zero-order chi connectivity index (χ0) is 16.2. The molecule has 4 heteroatoms. The molecule has 0 radical (unpaired) electrons. The van der Waals surface area contributed by atoms with Gasteiger partial charge in [0.15, 0.2) is 0 Å². The molecule has 0 heterocycles. The van der Waals surface area contributed by atoms with Crippen LogP contribution in [0.3, 0.4) is 0 Å². The highest BCUT2D eigenvalue weighted by atomic mass is 35.5. The van der Waals surface area contributed by atoms with E-state index < -0.39 is 0 Å². The number of carbonyl (C=O) groups excluding carboxylic acids is 1. The number of rotatable bonds is 4. The van der Waals surface area contributed by atoms with Crippen molar-refractivity contribution < 1.29 is 4.79 Å². The van der Waals surface area contributed by atoms with Crippen LogP contribution in [0, 0.1) is 0 Å². The van der Waals surface area contributed by atoms with Gasteiger partial charge in [-0.2, -0.15) is 0 Å². The quantitative estimate of drug-likeness (QED) is 0.714. The first-order valence-corrected chi connectivity index (χ1v) is 7.81. The van der Waals surface area contributed by atoms with Gasteiger partial charge in [0.2, 0.25) is 5.91 Å². The van der Waals surface area contributed by atoms with Crippen molar-refractivity contribution in [3.8, 4) is 0 Å². The summed E-state index contributed by atoms with van der Waals surface area (Å²) >= 11 is 5.93. The molecule has 2 N–H and O–H groups in total. The Kier molecular flexibility index (Phi) is 4.49. The molecule has 0 saturated carbocycles. The van der Waals surface area contributed by atoms with E-state index in [2.05, 4.69) is 22.8 Å². The minimum Gasteiger partial charge on any atom is -0.374 e. The van der Waals surface area contributed by atoms with Gasteiger partial charge < -0.3 is 10.6 Å². The molecule has 0 spiro atoms. The van der Waals surface area contributed by atoms with Crippen LogP contribution in [0.1, 0.15) is 6.92 Å². The fourth-order valence-electron chi connectivity index (χ4n) is 2.41. The Balaban J connectivity index is 1.69. The lowest BCUT2D eigenvalue weighted by Gasteiger charge is -2.16. The zero-order valence-electron chi connectivity index (χ0n) is 12.7. The third-order valence-corrected chi connectivity index (χ3v) is 3.85. The fourth-order valence-corrected chi connectivity index (χ4v) is 2.60. The molecular weight excluding hydrogens is 308 g/mol. The van der Waals surface area contributed by atoms with Crippen LogP contribution in [0.2, 0.25) is 5.02 Å². The average molecular weight is 325 g/mol. The van der Waals surface area contributed by atoms with Crippen LogP contribution in [-0.2, 0) is 4.79 Å².